The molecule has 2 saturated carbocycles. The first-order valence-electron chi connectivity index (χ1n) is 19.0. The SMILES string of the molecule is CC1=C[C@H]2[C@]34O[C@@]5(O)C(C)(C)[C@@H]([C@@H]3C=C(COC(c3ccccc3)(c3ccccc3)c3ccccc3)C[C@]2(O)C1=O)[C@@]5(OC(=O)Cc1ccccc1)[C@H]4C. The summed E-state index contributed by atoms with van der Waals surface area (Å²) >= 11 is 0. The van der Waals surface area contributed by atoms with Crippen LogP contribution >= 0.6 is 0 Å². The lowest BCUT2D eigenvalue weighted by atomic mass is 9.45. The lowest BCUT2D eigenvalue weighted by molar-refractivity contribution is -0.461. The predicted molar refractivity (Wildman–Crippen MR) is 203 cm³/mol. The lowest BCUT2D eigenvalue weighted by Gasteiger charge is -2.70. The summed E-state index contributed by atoms with van der Waals surface area (Å²) in [6, 6.07) is 39.7. The molecule has 9 rings (SSSR count). The van der Waals surface area contributed by atoms with Crippen molar-refractivity contribution in [3.8, 4) is 0 Å². The molecule has 2 bridgehead atoms. The largest absolute Gasteiger partial charge is 0.452 e. The van der Waals surface area contributed by atoms with Crippen LogP contribution in [0.2, 0.25) is 0 Å². The Morgan fingerprint density at radius 1 is 0.815 bits per heavy atom. The van der Waals surface area contributed by atoms with E-state index in [2.05, 4.69) is 42.5 Å². The van der Waals surface area contributed by atoms with Crippen molar-refractivity contribution >= 4 is 11.8 Å². The number of fused-ring (bicyclic) bond motifs is 2. The Hall–Kier alpha value is -4.66. The number of hydrogen-bond acceptors (Lipinski definition) is 7. The first-order chi connectivity index (χ1) is 25.9. The van der Waals surface area contributed by atoms with Gasteiger partial charge in [0.2, 0.25) is 5.79 Å². The van der Waals surface area contributed by atoms with Crippen LogP contribution in [0, 0.1) is 29.1 Å². The average Bonchev–Trinajstić information content (AvgIpc) is 3.56. The van der Waals surface area contributed by atoms with Gasteiger partial charge in [0.25, 0.3) is 0 Å². The van der Waals surface area contributed by atoms with E-state index in [0.29, 0.717) is 5.57 Å². The number of benzene rings is 4. The molecule has 0 radical (unpaired) electrons. The second-order valence-electron chi connectivity index (χ2n) is 16.6. The fourth-order valence-electron chi connectivity index (χ4n) is 11.5. The third-order valence-corrected chi connectivity index (χ3v) is 13.7. The van der Waals surface area contributed by atoms with Gasteiger partial charge in [-0.05, 0) is 40.3 Å². The summed E-state index contributed by atoms with van der Waals surface area (Å²) in [7, 11) is 0. The monoisotopic (exact) mass is 722 g/mol. The highest BCUT2D eigenvalue weighted by Gasteiger charge is 2.97. The zero-order valence-corrected chi connectivity index (χ0v) is 31.1. The van der Waals surface area contributed by atoms with Gasteiger partial charge < -0.3 is 24.4 Å². The van der Waals surface area contributed by atoms with E-state index in [1.165, 1.54) is 0 Å². The van der Waals surface area contributed by atoms with E-state index in [1.807, 2.05) is 112 Å². The van der Waals surface area contributed by atoms with E-state index in [0.717, 1.165) is 27.8 Å². The van der Waals surface area contributed by atoms with Gasteiger partial charge in [0.15, 0.2) is 11.4 Å². The van der Waals surface area contributed by atoms with Crippen molar-refractivity contribution in [1.29, 1.82) is 0 Å². The summed E-state index contributed by atoms with van der Waals surface area (Å²) in [5.74, 6) is -4.81. The van der Waals surface area contributed by atoms with Gasteiger partial charge in [0.05, 0.1) is 18.6 Å². The third-order valence-electron chi connectivity index (χ3n) is 13.7. The number of hydrogen-bond donors (Lipinski definition) is 2. The average molecular weight is 723 g/mol. The number of rotatable bonds is 9. The molecule has 1 aliphatic heterocycles. The number of aliphatic hydroxyl groups is 2. The molecule has 0 unspecified atom stereocenters. The van der Waals surface area contributed by atoms with Crippen LogP contribution in [0.25, 0.3) is 0 Å². The Labute approximate surface area is 316 Å². The Balaban J connectivity index is 1.17. The van der Waals surface area contributed by atoms with Crippen molar-refractivity contribution in [2.24, 2.45) is 29.1 Å². The van der Waals surface area contributed by atoms with Crippen molar-refractivity contribution < 1.29 is 34.0 Å². The molecule has 2 N–H and O–H groups in total. The minimum atomic E-state index is -1.86. The fraction of sp³-hybridized carbons (Fsp3) is 0.362. The van der Waals surface area contributed by atoms with Gasteiger partial charge in [0, 0.05) is 35.5 Å². The molecule has 0 amide bonds. The number of Topliss-reactive ketones (excluding diaryl/α,β-unsaturated/α-hetero) is 1. The summed E-state index contributed by atoms with van der Waals surface area (Å²) in [5, 5.41) is 25.4. The van der Waals surface area contributed by atoms with E-state index in [1.54, 1.807) is 6.92 Å². The van der Waals surface area contributed by atoms with Crippen LogP contribution in [0.15, 0.2) is 145 Å². The molecule has 4 aromatic carbocycles. The molecule has 54 heavy (non-hydrogen) atoms. The fourth-order valence-corrected chi connectivity index (χ4v) is 11.5. The zero-order chi connectivity index (χ0) is 37.7. The highest BCUT2D eigenvalue weighted by Crippen LogP contribution is 2.84. The molecule has 7 nitrogen and oxygen atoms in total. The van der Waals surface area contributed by atoms with Crippen LogP contribution in [0.4, 0.5) is 0 Å². The zero-order valence-electron chi connectivity index (χ0n) is 31.1. The summed E-state index contributed by atoms with van der Waals surface area (Å²) in [6.45, 7) is 7.67. The second kappa shape index (κ2) is 11.9. The molecule has 8 atom stereocenters. The number of esters is 1. The maximum atomic E-state index is 14.2. The van der Waals surface area contributed by atoms with Crippen LogP contribution in [0.5, 0.6) is 0 Å². The molecule has 7 heteroatoms. The van der Waals surface area contributed by atoms with E-state index >= 15 is 0 Å². The van der Waals surface area contributed by atoms with Crippen LogP contribution in [-0.4, -0.2) is 51.2 Å². The van der Waals surface area contributed by atoms with Gasteiger partial charge >= 0.3 is 5.97 Å². The van der Waals surface area contributed by atoms with Gasteiger partial charge in [-0.25, -0.2) is 0 Å². The second-order valence-corrected chi connectivity index (χ2v) is 16.6. The summed E-state index contributed by atoms with van der Waals surface area (Å²) in [4.78, 5) is 28.0. The third kappa shape index (κ3) is 4.32. The maximum absolute atomic E-state index is 14.2. The molecule has 3 fully saturated rings. The lowest BCUT2D eigenvalue weighted by Crippen LogP contribution is -2.83. The number of carbonyl (C=O) groups excluding carboxylic acids is 2. The topological polar surface area (TPSA) is 102 Å². The molecule has 1 heterocycles. The van der Waals surface area contributed by atoms with E-state index in [-0.39, 0.29) is 31.1 Å². The smallest absolute Gasteiger partial charge is 0.311 e. The summed E-state index contributed by atoms with van der Waals surface area (Å²) < 4.78 is 20.8. The van der Waals surface area contributed by atoms with Crippen molar-refractivity contribution in [2.75, 3.05) is 6.61 Å². The normalized spacial score (nSPS) is 34.2. The van der Waals surface area contributed by atoms with Crippen molar-refractivity contribution in [2.45, 2.75) is 68.7 Å². The predicted octanol–water partition coefficient (Wildman–Crippen LogP) is 7.11. The van der Waals surface area contributed by atoms with Crippen LogP contribution in [0.3, 0.4) is 0 Å². The molecule has 1 saturated heterocycles. The number of ether oxygens (including phenoxy) is 3. The number of carbonyl (C=O) groups is 2. The first-order valence-corrected chi connectivity index (χ1v) is 19.0. The molecule has 5 aliphatic rings. The maximum Gasteiger partial charge on any atom is 0.311 e. The summed E-state index contributed by atoms with van der Waals surface area (Å²) in [5.41, 5.74) is -1.55. The van der Waals surface area contributed by atoms with Crippen LogP contribution in [-0.2, 0) is 35.8 Å². The highest BCUT2D eigenvalue weighted by molar-refractivity contribution is 6.05. The Morgan fingerprint density at radius 3 is 1.87 bits per heavy atom. The molecule has 4 aromatic rings. The van der Waals surface area contributed by atoms with E-state index in [4.69, 9.17) is 14.2 Å². The molecule has 0 aromatic heterocycles. The Kier molecular flexibility index (Phi) is 7.74. The van der Waals surface area contributed by atoms with Crippen molar-refractivity contribution in [3.63, 3.8) is 0 Å². The van der Waals surface area contributed by atoms with Crippen molar-refractivity contribution in [3.05, 3.63) is 167 Å². The first kappa shape index (κ1) is 35.1. The van der Waals surface area contributed by atoms with E-state index in [9.17, 15) is 19.8 Å². The van der Waals surface area contributed by atoms with Crippen molar-refractivity contribution in [1.82, 2.24) is 0 Å². The molecular weight excluding hydrogens is 677 g/mol. The minimum Gasteiger partial charge on any atom is -0.452 e. The quantitative estimate of drug-likeness (QED) is 0.108. The number of ketones is 1. The van der Waals surface area contributed by atoms with Gasteiger partial charge in [-0.3, -0.25) is 9.59 Å². The summed E-state index contributed by atoms with van der Waals surface area (Å²) in [6.07, 6.45) is 4.01. The van der Waals surface area contributed by atoms with Gasteiger partial charge in [-0.2, -0.15) is 0 Å². The minimum absolute atomic E-state index is 0.0273. The van der Waals surface area contributed by atoms with Crippen LogP contribution < -0.4 is 0 Å². The standard InChI is InChI=1S/C47H46O7/c1-30-25-38-43(50,41(30)49)28-33(29-52-45(34-19-11-6-12-20-34,35-21-13-7-14-22-35)36-23-15-8-16-24-36)26-37-40-42(3,4)47(51)46(40,31(2)44(37,38)54-47)53-39(48)27-32-17-9-5-10-18-32/h5-26,31,37-38,40,50-51H,27-29H2,1-4H3/t31-,37-,38+,40+,43+,44+,46-,47-/m0/s1. The van der Waals surface area contributed by atoms with E-state index < -0.39 is 57.3 Å². The van der Waals surface area contributed by atoms with Crippen LogP contribution in [0.1, 0.15) is 56.4 Å². The molecule has 1 spiro atoms. The Morgan fingerprint density at radius 2 is 1.33 bits per heavy atom. The van der Waals surface area contributed by atoms with Gasteiger partial charge in [-0.1, -0.05) is 154 Å². The highest BCUT2D eigenvalue weighted by atomic mass is 16.7. The molecule has 4 aliphatic carbocycles. The Bertz CT molecular complexity index is 2080. The van der Waals surface area contributed by atoms with Gasteiger partial charge in [-0.15, -0.1) is 0 Å². The van der Waals surface area contributed by atoms with Gasteiger partial charge in [0.1, 0.15) is 11.2 Å². The molecule has 276 valence electrons. The molecular formula is C47H46O7.